The van der Waals surface area contributed by atoms with E-state index in [1.54, 1.807) is 25.3 Å². The Hall–Kier alpha value is -3.12. The Morgan fingerprint density at radius 2 is 1.90 bits per heavy atom. The Morgan fingerprint density at radius 1 is 1.13 bits per heavy atom. The molecule has 0 aliphatic heterocycles. The third-order valence-electron chi connectivity index (χ3n) is 4.94. The maximum absolute atomic E-state index is 12.9. The summed E-state index contributed by atoms with van der Waals surface area (Å²) in [5.41, 5.74) is 5.50. The molecule has 1 N–H and O–H groups in total. The average Bonchev–Trinajstić information content (AvgIpc) is 3.16. The number of fused-ring (bicyclic) bond motifs is 1. The molecular weight excluding hydrogens is 444 g/mol. The molecule has 0 unspecified atom stereocenters. The monoisotopic (exact) mass is 464 g/mol. The van der Waals surface area contributed by atoms with Crippen molar-refractivity contribution in [2.24, 2.45) is 0 Å². The minimum Gasteiger partial charge on any atom is -0.496 e. The minimum atomic E-state index is -0.255. The smallest absolute Gasteiger partial charge is 0.259 e. The first-order valence-corrected chi connectivity index (χ1v) is 10.4. The highest BCUT2D eigenvalue weighted by molar-refractivity contribution is 9.10. The number of nitrogens with zero attached hydrogens (tertiary/aromatic N) is 1. The predicted molar refractivity (Wildman–Crippen MR) is 122 cm³/mol. The number of rotatable bonds is 5. The topological polar surface area (TPSA) is 64.4 Å². The van der Waals surface area contributed by atoms with Crippen LogP contribution in [-0.4, -0.2) is 18.0 Å². The summed E-state index contributed by atoms with van der Waals surface area (Å²) in [5.74, 6) is 0.853. The largest absolute Gasteiger partial charge is 0.496 e. The van der Waals surface area contributed by atoms with Crippen molar-refractivity contribution in [1.82, 2.24) is 4.98 Å². The number of hydrogen-bond acceptors (Lipinski definition) is 4. The van der Waals surface area contributed by atoms with Gasteiger partial charge in [0.2, 0.25) is 5.89 Å². The van der Waals surface area contributed by atoms with Gasteiger partial charge >= 0.3 is 0 Å². The van der Waals surface area contributed by atoms with Crippen molar-refractivity contribution in [3.8, 4) is 17.2 Å². The van der Waals surface area contributed by atoms with Gasteiger partial charge < -0.3 is 14.5 Å². The van der Waals surface area contributed by atoms with Gasteiger partial charge in [0.15, 0.2) is 5.58 Å². The van der Waals surface area contributed by atoms with Gasteiger partial charge in [-0.2, -0.15) is 0 Å². The first-order chi connectivity index (χ1) is 14.5. The number of hydrogen-bond donors (Lipinski definition) is 1. The highest BCUT2D eigenvalue weighted by Gasteiger charge is 2.17. The summed E-state index contributed by atoms with van der Waals surface area (Å²) in [6, 6.07) is 17.2. The molecule has 1 heterocycles. The van der Waals surface area contributed by atoms with Crippen molar-refractivity contribution in [2.45, 2.75) is 20.3 Å². The van der Waals surface area contributed by atoms with E-state index in [2.05, 4.69) is 45.3 Å². The number of aryl methyl sites for hydroxylation is 2. The van der Waals surface area contributed by atoms with Gasteiger partial charge in [0, 0.05) is 15.7 Å². The van der Waals surface area contributed by atoms with E-state index >= 15 is 0 Å². The molecule has 5 nitrogen and oxygen atoms in total. The number of carbonyl (C=O) groups is 1. The van der Waals surface area contributed by atoms with E-state index < -0.39 is 0 Å². The van der Waals surface area contributed by atoms with Crippen LogP contribution in [0.2, 0.25) is 0 Å². The van der Waals surface area contributed by atoms with E-state index in [0.29, 0.717) is 34.0 Å². The van der Waals surface area contributed by atoms with Crippen molar-refractivity contribution >= 4 is 38.6 Å². The van der Waals surface area contributed by atoms with Gasteiger partial charge in [-0.25, -0.2) is 4.98 Å². The summed E-state index contributed by atoms with van der Waals surface area (Å²) in [6.45, 7) is 4.02. The number of ether oxygens (including phenoxy) is 1. The van der Waals surface area contributed by atoms with Crippen LogP contribution in [0.3, 0.4) is 0 Å². The van der Waals surface area contributed by atoms with Gasteiger partial charge in [-0.3, -0.25) is 4.79 Å². The molecule has 0 fully saturated rings. The second-order valence-electron chi connectivity index (χ2n) is 7.01. The molecule has 152 valence electrons. The van der Waals surface area contributed by atoms with Crippen molar-refractivity contribution < 1.29 is 13.9 Å². The number of oxazole rings is 1. The van der Waals surface area contributed by atoms with E-state index in [9.17, 15) is 4.79 Å². The zero-order valence-electron chi connectivity index (χ0n) is 17.0. The van der Waals surface area contributed by atoms with Crippen LogP contribution in [0.1, 0.15) is 28.4 Å². The van der Waals surface area contributed by atoms with Gasteiger partial charge in [-0.15, -0.1) is 0 Å². The predicted octanol–water partition coefficient (Wildman–Crippen LogP) is 6.39. The molecule has 0 spiro atoms. The van der Waals surface area contributed by atoms with Crippen LogP contribution < -0.4 is 10.1 Å². The first-order valence-electron chi connectivity index (χ1n) is 9.64. The highest BCUT2D eigenvalue weighted by atomic mass is 79.9. The number of anilines is 1. The Labute approximate surface area is 183 Å². The van der Waals surface area contributed by atoms with Crippen molar-refractivity contribution in [3.05, 3.63) is 75.8 Å². The normalized spacial score (nSPS) is 10.9. The van der Waals surface area contributed by atoms with Crippen molar-refractivity contribution in [1.29, 1.82) is 0 Å². The van der Waals surface area contributed by atoms with Gasteiger partial charge in [-0.05, 0) is 66.9 Å². The fraction of sp³-hybridized carbons (Fsp3) is 0.167. The number of nitrogens with one attached hydrogen (secondary N) is 1. The van der Waals surface area contributed by atoms with Crippen molar-refractivity contribution in [2.75, 3.05) is 12.4 Å². The molecule has 4 rings (SSSR count). The molecule has 0 atom stereocenters. The van der Waals surface area contributed by atoms with Crippen LogP contribution in [0, 0.1) is 6.92 Å². The quantitative estimate of drug-likeness (QED) is 0.371. The zero-order valence-corrected chi connectivity index (χ0v) is 18.5. The fourth-order valence-electron chi connectivity index (χ4n) is 3.38. The van der Waals surface area contributed by atoms with Gasteiger partial charge in [0.25, 0.3) is 5.91 Å². The van der Waals surface area contributed by atoms with E-state index in [1.807, 2.05) is 31.2 Å². The molecule has 6 heteroatoms. The van der Waals surface area contributed by atoms with Crippen LogP contribution >= 0.6 is 15.9 Å². The molecule has 1 aromatic heterocycles. The Bertz CT molecular complexity index is 1230. The summed E-state index contributed by atoms with van der Waals surface area (Å²) in [5, 5.41) is 2.92. The molecule has 0 aliphatic carbocycles. The second kappa shape index (κ2) is 8.32. The Balaban J connectivity index is 1.62. The molecule has 1 amide bonds. The van der Waals surface area contributed by atoms with E-state index in [1.165, 1.54) is 5.56 Å². The van der Waals surface area contributed by atoms with E-state index in [0.717, 1.165) is 22.0 Å². The molecule has 3 aromatic carbocycles. The van der Waals surface area contributed by atoms with Crippen LogP contribution in [0.4, 0.5) is 5.69 Å². The number of benzene rings is 3. The lowest BCUT2D eigenvalue weighted by Gasteiger charge is -2.12. The Morgan fingerprint density at radius 3 is 2.60 bits per heavy atom. The van der Waals surface area contributed by atoms with E-state index in [-0.39, 0.29) is 5.91 Å². The molecule has 0 saturated carbocycles. The van der Waals surface area contributed by atoms with Gasteiger partial charge in [0.05, 0.1) is 12.7 Å². The number of carbonyl (C=O) groups excluding carboxylic acids is 1. The summed E-state index contributed by atoms with van der Waals surface area (Å²) in [7, 11) is 1.56. The van der Waals surface area contributed by atoms with Crippen LogP contribution in [-0.2, 0) is 6.42 Å². The van der Waals surface area contributed by atoms with Gasteiger partial charge in [-0.1, -0.05) is 35.0 Å². The first kappa shape index (κ1) is 20.2. The molecular formula is C24H21BrN2O3. The summed E-state index contributed by atoms with van der Waals surface area (Å²) < 4.78 is 12.1. The zero-order chi connectivity index (χ0) is 21.3. The highest BCUT2D eigenvalue weighted by Crippen LogP contribution is 2.30. The lowest BCUT2D eigenvalue weighted by Crippen LogP contribution is -2.13. The fourth-order valence-corrected chi connectivity index (χ4v) is 3.95. The minimum absolute atomic E-state index is 0.255. The molecule has 4 aromatic rings. The Kier molecular flexibility index (Phi) is 5.59. The number of aromatic nitrogens is 1. The summed E-state index contributed by atoms with van der Waals surface area (Å²) >= 11 is 3.44. The molecule has 0 bridgehead atoms. The summed E-state index contributed by atoms with van der Waals surface area (Å²) in [6.07, 6.45) is 0.985. The van der Waals surface area contributed by atoms with Crippen LogP contribution in [0.25, 0.3) is 22.6 Å². The maximum Gasteiger partial charge on any atom is 0.259 e. The van der Waals surface area contributed by atoms with Crippen LogP contribution in [0.5, 0.6) is 5.75 Å². The maximum atomic E-state index is 12.9. The molecule has 0 radical (unpaired) electrons. The lowest BCUT2D eigenvalue weighted by atomic mass is 10.1. The molecule has 30 heavy (non-hydrogen) atoms. The number of amides is 1. The third kappa shape index (κ3) is 3.96. The molecule has 0 aliphatic rings. The SMILES string of the molecule is CCc1ccc(-c2nc3cc(NC(=O)c4cc(Br)cc(C)c4OC)ccc3o2)cc1. The number of halogens is 1. The average molecular weight is 465 g/mol. The third-order valence-corrected chi connectivity index (χ3v) is 5.40. The van der Waals surface area contributed by atoms with E-state index in [4.69, 9.17) is 9.15 Å². The lowest BCUT2D eigenvalue weighted by molar-refractivity contribution is 0.102. The van der Waals surface area contributed by atoms with Crippen molar-refractivity contribution in [3.63, 3.8) is 0 Å². The second-order valence-corrected chi connectivity index (χ2v) is 7.93. The summed E-state index contributed by atoms with van der Waals surface area (Å²) in [4.78, 5) is 17.5. The number of methoxy groups -OCH3 is 1. The van der Waals surface area contributed by atoms with Gasteiger partial charge in [0.1, 0.15) is 11.3 Å². The van der Waals surface area contributed by atoms with Crippen LogP contribution in [0.15, 0.2) is 63.5 Å². The standard InChI is InChI=1S/C24H21BrN2O3/c1-4-15-5-7-16(8-6-15)24-27-20-13-18(9-10-21(20)30-24)26-23(28)19-12-17(25)11-14(2)22(19)29-3/h5-13H,4H2,1-3H3,(H,26,28). The molecule has 0 saturated heterocycles.